The number of hydrogen-bond donors (Lipinski definition) is 2. The van der Waals surface area contributed by atoms with Crippen molar-refractivity contribution < 1.29 is 27.5 Å². The normalized spacial score (nSPS) is 14.7. The number of amides is 3. The molecule has 6 nitrogen and oxygen atoms in total. The van der Waals surface area contributed by atoms with Crippen molar-refractivity contribution in [1.82, 2.24) is 5.32 Å². The highest BCUT2D eigenvalue weighted by molar-refractivity contribution is 5.90. The van der Waals surface area contributed by atoms with Crippen molar-refractivity contribution in [3.8, 4) is 0 Å². The lowest BCUT2D eigenvalue weighted by Crippen LogP contribution is -2.31. The molecule has 0 aromatic heterocycles. The summed E-state index contributed by atoms with van der Waals surface area (Å²) >= 11 is 0. The minimum Gasteiger partial charge on any atom is -0.447 e. The van der Waals surface area contributed by atoms with Gasteiger partial charge in [0.25, 0.3) is 0 Å². The zero-order chi connectivity index (χ0) is 19.6. The molecule has 1 aliphatic rings. The molecule has 3 amide bonds. The van der Waals surface area contributed by atoms with Crippen molar-refractivity contribution >= 4 is 23.5 Å². The largest absolute Gasteiger partial charge is 0.447 e. The molecule has 1 aliphatic heterocycles. The Balaban J connectivity index is 1.63. The number of cyclic esters (lactones) is 1. The van der Waals surface area contributed by atoms with Crippen molar-refractivity contribution in [2.24, 2.45) is 0 Å². The molecular weight excluding hydrogens is 363 g/mol. The first-order chi connectivity index (χ1) is 12.9. The highest BCUT2D eigenvalue weighted by Crippen LogP contribution is 2.23. The smallest absolute Gasteiger partial charge is 0.414 e. The van der Waals surface area contributed by atoms with Crippen LogP contribution < -0.4 is 15.5 Å². The number of anilines is 2. The number of ether oxygens (including phenoxy) is 1. The molecule has 142 valence electrons. The fourth-order valence-electron chi connectivity index (χ4n) is 2.63. The Labute approximate surface area is 152 Å². The van der Waals surface area contributed by atoms with Crippen molar-refractivity contribution in [1.29, 1.82) is 0 Å². The molecule has 1 saturated heterocycles. The second-order valence-electron chi connectivity index (χ2n) is 5.90. The number of benzene rings is 2. The van der Waals surface area contributed by atoms with E-state index in [1.807, 2.05) is 0 Å². The lowest BCUT2D eigenvalue weighted by Gasteiger charge is -2.17. The molecule has 2 aromatic carbocycles. The summed E-state index contributed by atoms with van der Waals surface area (Å²) in [6, 6.07) is 7.30. The first-order valence-corrected chi connectivity index (χ1v) is 8.12. The number of carbonyl (C=O) groups is 2. The molecule has 1 atom stereocenters. The molecule has 0 aliphatic carbocycles. The number of halogens is 3. The van der Waals surface area contributed by atoms with E-state index in [1.54, 1.807) is 31.2 Å². The van der Waals surface area contributed by atoms with Gasteiger partial charge in [0, 0.05) is 5.69 Å². The van der Waals surface area contributed by atoms with E-state index in [9.17, 15) is 22.8 Å². The molecule has 9 heteroatoms. The average Bonchev–Trinajstić information content (AvgIpc) is 3.08. The molecule has 0 saturated carbocycles. The molecule has 0 unspecified atom stereocenters. The van der Waals surface area contributed by atoms with E-state index in [0.717, 1.165) is 17.7 Å². The molecular formula is C18H16F3N3O3. The van der Waals surface area contributed by atoms with Gasteiger partial charge >= 0.3 is 12.1 Å². The summed E-state index contributed by atoms with van der Waals surface area (Å²) in [5.74, 6) is -4.47. The van der Waals surface area contributed by atoms with Gasteiger partial charge in [0.15, 0.2) is 17.5 Å². The number of nitrogens with zero attached hydrogens (tertiary/aromatic N) is 1. The van der Waals surface area contributed by atoms with Gasteiger partial charge < -0.3 is 15.4 Å². The standard InChI is InChI=1S/C18H16F3N3O3/c1-10(11-2-4-12(5-3-11)24-8-9-27-18(24)26)22-17(25)23-14-7-6-13(19)15(20)16(14)21/h2-7,10H,8-9H2,1H3,(H2,22,23,25)/t10-/m0/s1. The van der Waals surface area contributed by atoms with Crippen LogP contribution in [0, 0.1) is 17.5 Å². The van der Waals surface area contributed by atoms with Crippen molar-refractivity contribution in [3.63, 3.8) is 0 Å². The van der Waals surface area contributed by atoms with Crippen LogP contribution in [0.5, 0.6) is 0 Å². The van der Waals surface area contributed by atoms with Crippen molar-refractivity contribution in [2.75, 3.05) is 23.4 Å². The van der Waals surface area contributed by atoms with Crippen LogP contribution in [0.3, 0.4) is 0 Å². The van der Waals surface area contributed by atoms with Crippen LogP contribution in [-0.4, -0.2) is 25.3 Å². The molecule has 2 aromatic rings. The van der Waals surface area contributed by atoms with Crippen molar-refractivity contribution in [3.05, 3.63) is 59.4 Å². The maximum Gasteiger partial charge on any atom is 0.414 e. The van der Waals surface area contributed by atoms with Gasteiger partial charge in [-0.15, -0.1) is 0 Å². The summed E-state index contributed by atoms with van der Waals surface area (Å²) in [7, 11) is 0. The number of urea groups is 1. The van der Waals surface area contributed by atoms with Gasteiger partial charge in [-0.2, -0.15) is 0 Å². The lowest BCUT2D eigenvalue weighted by molar-refractivity contribution is 0.181. The average molecular weight is 379 g/mol. The number of hydrogen-bond acceptors (Lipinski definition) is 3. The number of nitrogens with one attached hydrogen (secondary N) is 2. The van der Waals surface area contributed by atoms with Crippen LogP contribution in [0.25, 0.3) is 0 Å². The minimum absolute atomic E-state index is 0.333. The van der Waals surface area contributed by atoms with Crippen LogP contribution in [0.4, 0.5) is 34.1 Å². The van der Waals surface area contributed by atoms with Gasteiger partial charge in [-0.25, -0.2) is 22.8 Å². The van der Waals surface area contributed by atoms with Crippen molar-refractivity contribution in [2.45, 2.75) is 13.0 Å². The zero-order valence-corrected chi connectivity index (χ0v) is 14.3. The van der Waals surface area contributed by atoms with E-state index >= 15 is 0 Å². The first-order valence-electron chi connectivity index (χ1n) is 8.12. The van der Waals surface area contributed by atoms with Gasteiger partial charge in [-0.3, -0.25) is 4.90 Å². The zero-order valence-electron chi connectivity index (χ0n) is 14.3. The fourth-order valence-corrected chi connectivity index (χ4v) is 2.63. The maximum absolute atomic E-state index is 13.6. The van der Waals surface area contributed by atoms with Crippen LogP contribution in [0.1, 0.15) is 18.5 Å². The third-order valence-corrected chi connectivity index (χ3v) is 4.10. The SMILES string of the molecule is C[C@H](NC(=O)Nc1ccc(F)c(F)c1F)c1ccc(N2CCOC2=O)cc1. The quantitative estimate of drug-likeness (QED) is 0.791. The summed E-state index contributed by atoms with van der Waals surface area (Å²) in [5.41, 5.74) is 0.926. The van der Waals surface area contributed by atoms with E-state index in [2.05, 4.69) is 10.6 Å². The third-order valence-electron chi connectivity index (χ3n) is 4.10. The van der Waals surface area contributed by atoms with Gasteiger partial charge in [0.05, 0.1) is 18.3 Å². The van der Waals surface area contributed by atoms with E-state index < -0.39 is 41.3 Å². The first kappa shape index (κ1) is 18.6. The van der Waals surface area contributed by atoms with E-state index in [-0.39, 0.29) is 0 Å². The Morgan fingerprint density at radius 3 is 2.44 bits per heavy atom. The Kier molecular flexibility index (Phi) is 5.20. The van der Waals surface area contributed by atoms with Crippen LogP contribution >= 0.6 is 0 Å². The topological polar surface area (TPSA) is 70.7 Å². The monoisotopic (exact) mass is 379 g/mol. The van der Waals surface area contributed by atoms with E-state index in [4.69, 9.17) is 4.74 Å². The van der Waals surface area contributed by atoms with E-state index in [1.165, 1.54) is 4.90 Å². The van der Waals surface area contributed by atoms with Crippen LogP contribution in [0.2, 0.25) is 0 Å². The number of carbonyl (C=O) groups excluding carboxylic acids is 2. The fraction of sp³-hybridized carbons (Fsp3) is 0.222. The Hall–Kier alpha value is -3.23. The highest BCUT2D eigenvalue weighted by Gasteiger charge is 2.23. The summed E-state index contributed by atoms with van der Waals surface area (Å²) in [5, 5.41) is 4.71. The lowest BCUT2D eigenvalue weighted by atomic mass is 10.1. The van der Waals surface area contributed by atoms with Gasteiger partial charge in [0.2, 0.25) is 0 Å². The van der Waals surface area contributed by atoms with Gasteiger partial charge in [0.1, 0.15) is 6.61 Å². The molecule has 1 heterocycles. The Bertz CT molecular complexity index is 874. The molecule has 2 N–H and O–H groups in total. The van der Waals surface area contributed by atoms with Crippen LogP contribution in [-0.2, 0) is 4.74 Å². The predicted octanol–water partition coefficient (Wildman–Crippen LogP) is 3.94. The van der Waals surface area contributed by atoms with Crippen LogP contribution in [0.15, 0.2) is 36.4 Å². The third kappa shape index (κ3) is 3.97. The Morgan fingerprint density at radius 2 is 1.81 bits per heavy atom. The number of rotatable bonds is 4. The maximum atomic E-state index is 13.6. The highest BCUT2D eigenvalue weighted by atomic mass is 19.2. The molecule has 1 fully saturated rings. The van der Waals surface area contributed by atoms with Gasteiger partial charge in [-0.05, 0) is 36.8 Å². The summed E-state index contributed by atoms with van der Waals surface area (Å²) in [4.78, 5) is 25.0. The van der Waals surface area contributed by atoms with Gasteiger partial charge in [-0.1, -0.05) is 12.1 Å². The van der Waals surface area contributed by atoms with E-state index in [0.29, 0.717) is 18.8 Å². The molecule has 0 spiro atoms. The summed E-state index contributed by atoms with van der Waals surface area (Å²) in [6.07, 6.45) is -0.415. The molecule has 27 heavy (non-hydrogen) atoms. The summed E-state index contributed by atoms with van der Waals surface area (Å²) in [6.45, 7) is 2.49. The Morgan fingerprint density at radius 1 is 1.11 bits per heavy atom. The molecule has 0 radical (unpaired) electrons. The minimum atomic E-state index is -1.66. The molecule has 3 rings (SSSR count). The predicted molar refractivity (Wildman–Crippen MR) is 92.0 cm³/mol. The second kappa shape index (κ2) is 7.56. The second-order valence-corrected chi connectivity index (χ2v) is 5.90. The molecule has 0 bridgehead atoms. The summed E-state index contributed by atoms with van der Waals surface area (Å²) < 4.78 is 44.6.